The number of fused-ring (bicyclic) bond motifs is 1. The molecule has 1 aromatic heterocycles. The van der Waals surface area contributed by atoms with Gasteiger partial charge in [-0.25, -0.2) is 4.79 Å². The SMILES string of the molecule is COc1ccc(C=CC(=O)Oc2ccc3c(=O)c(Oc4ccc(C)cc4)coc3c2)cc1OC. The van der Waals surface area contributed by atoms with Gasteiger partial charge in [-0.15, -0.1) is 0 Å². The summed E-state index contributed by atoms with van der Waals surface area (Å²) in [6.45, 7) is 1.96. The first-order valence-electron chi connectivity index (χ1n) is 10.4. The maximum absolute atomic E-state index is 12.8. The van der Waals surface area contributed by atoms with Crippen molar-refractivity contribution < 1.29 is 28.2 Å². The summed E-state index contributed by atoms with van der Waals surface area (Å²) in [5, 5.41) is 0.310. The van der Waals surface area contributed by atoms with E-state index in [0.717, 1.165) is 11.1 Å². The number of rotatable bonds is 7. The molecule has 0 unspecified atom stereocenters. The Balaban J connectivity index is 1.48. The molecule has 0 fully saturated rings. The maximum atomic E-state index is 12.8. The number of benzene rings is 3. The number of hydrogen-bond acceptors (Lipinski definition) is 7. The Morgan fingerprint density at radius 3 is 2.32 bits per heavy atom. The van der Waals surface area contributed by atoms with Gasteiger partial charge in [-0.2, -0.15) is 0 Å². The van der Waals surface area contributed by atoms with Crippen molar-refractivity contribution in [2.45, 2.75) is 6.92 Å². The van der Waals surface area contributed by atoms with Gasteiger partial charge in [0.25, 0.3) is 0 Å². The van der Waals surface area contributed by atoms with Crippen LogP contribution in [-0.4, -0.2) is 20.2 Å². The predicted molar refractivity (Wildman–Crippen MR) is 128 cm³/mol. The highest BCUT2D eigenvalue weighted by molar-refractivity contribution is 5.89. The average molecular weight is 458 g/mol. The first kappa shape index (κ1) is 22.7. The first-order valence-corrected chi connectivity index (χ1v) is 10.4. The van der Waals surface area contributed by atoms with Crippen molar-refractivity contribution in [2.75, 3.05) is 14.2 Å². The van der Waals surface area contributed by atoms with Crippen LogP contribution in [0.25, 0.3) is 17.0 Å². The van der Waals surface area contributed by atoms with Gasteiger partial charge in [0.05, 0.1) is 19.6 Å². The summed E-state index contributed by atoms with van der Waals surface area (Å²) >= 11 is 0. The van der Waals surface area contributed by atoms with E-state index in [1.807, 2.05) is 19.1 Å². The number of carbonyl (C=O) groups is 1. The molecule has 0 N–H and O–H groups in total. The summed E-state index contributed by atoms with van der Waals surface area (Å²) in [5.74, 6) is 1.39. The molecular formula is C27H22O7. The van der Waals surface area contributed by atoms with Crippen molar-refractivity contribution in [3.8, 4) is 28.7 Å². The zero-order chi connectivity index (χ0) is 24.1. The molecule has 7 nitrogen and oxygen atoms in total. The number of aryl methyl sites for hydroxylation is 1. The molecular weight excluding hydrogens is 436 g/mol. The molecule has 0 amide bonds. The molecule has 0 bridgehead atoms. The Morgan fingerprint density at radius 2 is 1.59 bits per heavy atom. The zero-order valence-electron chi connectivity index (χ0n) is 18.9. The standard InChI is InChI=1S/C27H22O7/c1-17-4-8-19(9-5-17)33-25-16-32-23-15-20(10-11-21(23)27(25)29)34-26(28)13-7-18-6-12-22(30-2)24(14-18)31-3/h4-16H,1-3H3. The van der Waals surface area contributed by atoms with E-state index in [2.05, 4.69) is 0 Å². The fraction of sp³-hybridized carbons (Fsp3) is 0.111. The number of carbonyl (C=O) groups excluding carboxylic acids is 1. The topological polar surface area (TPSA) is 84.2 Å². The van der Waals surface area contributed by atoms with E-state index in [0.29, 0.717) is 22.6 Å². The van der Waals surface area contributed by atoms with Crippen molar-refractivity contribution in [1.29, 1.82) is 0 Å². The van der Waals surface area contributed by atoms with Crippen molar-refractivity contribution in [3.63, 3.8) is 0 Å². The Morgan fingerprint density at radius 1 is 0.853 bits per heavy atom. The molecule has 0 spiro atoms. The molecule has 0 aliphatic heterocycles. The van der Waals surface area contributed by atoms with E-state index in [1.54, 1.807) is 43.5 Å². The lowest BCUT2D eigenvalue weighted by atomic mass is 10.2. The molecule has 1 heterocycles. The van der Waals surface area contributed by atoms with Crippen LogP contribution in [0.2, 0.25) is 0 Å². The molecule has 0 aliphatic carbocycles. The number of hydrogen-bond donors (Lipinski definition) is 0. The molecule has 4 rings (SSSR count). The van der Waals surface area contributed by atoms with Crippen LogP contribution < -0.4 is 24.4 Å². The Kier molecular flexibility index (Phi) is 6.64. The fourth-order valence-corrected chi connectivity index (χ4v) is 3.23. The fourth-order valence-electron chi connectivity index (χ4n) is 3.23. The lowest BCUT2D eigenvalue weighted by Crippen LogP contribution is -2.06. The molecule has 3 aromatic carbocycles. The number of ether oxygens (including phenoxy) is 4. The molecule has 0 aliphatic rings. The third kappa shape index (κ3) is 5.10. The van der Waals surface area contributed by atoms with Gasteiger partial charge in [0.2, 0.25) is 11.2 Å². The third-order valence-corrected chi connectivity index (χ3v) is 5.00. The van der Waals surface area contributed by atoms with Gasteiger partial charge in [-0.05, 0) is 55.0 Å². The molecule has 0 atom stereocenters. The second kappa shape index (κ2) is 9.95. The van der Waals surface area contributed by atoms with Crippen molar-refractivity contribution in [1.82, 2.24) is 0 Å². The Bertz CT molecular complexity index is 1420. The molecule has 0 radical (unpaired) electrons. The number of esters is 1. The van der Waals surface area contributed by atoms with Crippen LogP contribution in [-0.2, 0) is 4.79 Å². The van der Waals surface area contributed by atoms with Gasteiger partial charge in [-0.3, -0.25) is 4.79 Å². The molecule has 4 aromatic rings. The maximum Gasteiger partial charge on any atom is 0.336 e. The summed E-state index contributed by atoms with van der Waals surface area (Å²) in [6.07, 6.45) is 4.13. The van der Waals surface area contributed by atoms with Crippen LogP contribution in [0.4, 0.5) is 0 Å². The monoisotopic (exact) mass is 458 g/mol. The zero-order valence-corrected chi connectivity index (χ0v) is 18.9. The van der Waals surface area contributed by atoms with Gasteiger partial charge >= 0.3 is 5.97 Å². The first-order chi connectivity index (χ1) is 16.5. The van der Waals surface area contributed by atoms with Crippen LogP contribution in [0, 0.1) is 6.92 Å². The largest absolute Gasteiger partial charge is 0.493 e. The molecule has 172 valence electrons. The number of methoxy groups -OCH3 is 2. The van der Waals surface area contributed by atoms with E-state index in [-0.39, 0.29) is 22.5 Å². The summed E-state index contributed by atoms with van der Waals surface area (Å²) in [5.41, 5.74) is 1.77. The molecule has 7 heteroatoms. The lowest BCUT2D eigenvalue weighted by molar-refractivity contribution is -0.128. The van der Waals surface area contributed by atoms with Crippen LogP contribution in [0.5, 0.6) is 28.7 Å². The second-order valence-electron chi connectivity index (χ2n) is 7.37. The average Bonchev–Trinajstić information content (AvgIpc) is 2.85. The van der Waals surface area contributed by atoms with Gasteiger partial charge in [-0.1, -0.05) is 23.8 Å². The smallest absolute Gasteiger partial charge is 0.336 e. The predicted octanol–water partition coefficient (Wildman–Crippen LogP) is 5.53. The second-order valence-corrected chi connectivity index (χ2v) is 7.37. The molecule has 34 heavy (non-hydrogen) atoms. The minimum Gasteiger partial charge on any atom is -0.493 e. The highest BCUT2D eigenvalue weighted by atomic mass is 16.5. The third-order valence-electron chi connectivity index (χ3n) is 5.00. The van der Waals surface area contributed by atoms with Crippen molar-refractivity contribution >= 4 is 23.0 Å². The Hall–Kier alpha value is -4.52. The van der Waals surface area contributed by atoms with Crippen LogP contribution in [0.15, 0.2) is 82.2 Å². The van der Waals surface area contributed by atoms with E-state index in [9.17, 15) is 9.59 Å². The van der Waals surface area contributed by atoms with Crippen molar-refractivity contribution in [2.24, 2.45) is 0 Å². The minimum atomic E-state index is -0.587. The Labute approximate surface area is 195 Å². The van der Waals surface area contributed by atoms with E-state index >= 15 is 0 Å². The van der Waals surface area contributed by atoms with Gasteiger partial charge in [0.15, 0.2) is 11.5 Å². The summed E-state index contributed by atoms with van der Waals surface area (Å²) in [6, 6.07) is 17.1. The van der Waals surface area contributed by atoms with Gasteiger partial charge in [0, 0.05) is 12.1 Å². The van der Waals surface area contributed by atoms with E-state index < -0.39 is 5.97 Å². The quantitative estimate of drug-likeness (QED) is 0.205. The summed E-state index contributed by atoms with van der Waals surface area (Å²) in [7, 11) is 3.09. The van der Waals surface area contributed by atoms with E-state index in [4.69, 9.17) is 23.4 Å². The summed E-state index contributed by atoms with van der Waals surface area (Å²) < 4.78 is 27.0. The lowest BCUT2D eigenvalue weighted by Gasteiger charge is -2.08. The summed E-state index contributed by atoms with van der Waals surface area (Å²) in [4.78, 5) is 25.0. The van der Waals surface area contributed by atoms with E-state index in [1.165, 1.54) is 37.6 Å². The van der Waals surface area contributed by atoms with Crippen LogP contribution >= 0.6 is 0 Å². The van der Waals surface area contributed by atoms with Gasteiger partial charge < -0.3 is 23.4 Å². The highest BCUT2D eigenvalue weighted by Gasteiger charge is 2.11. The molecule has 0 saturated carbocycles. The van der Waals surface area contributed by atoms with Crippen LogP contribution in [0.3, 0.4) is 0 Å². The highest BCUT2D eigenvalue weighted by Crippen LogP contribution is 2.28. The van der Waals surface area contributed by atoms with Crippen LogP contribution in [0.1, 0.15) is 11.1 Å². The molecule has 0 saturated heterocycles. The van der Waals surface area contributed by atoms with Crippen molar-refractivity contribution in [3.05, 3.63) is 94.4 Å². The minimum absolute atomic E-state index is 0.0685. The van der Waals surface area contributed by atoms with Gasteiger partial charge in [0.1, 0.15) is 23.3 Å². The normalized spacial score (nSPS) is 10.9.